The summed E-state index contributed by atoms with van der Waals surface area (Å²) < 4.78 is 61.1. The molecule has 3 aromatic heterocycles. The zero-order chi connectivity index (χ0) is 24.7. The highest BCUT2D eigenvalue weighted by Crippen LogP contribution is 2.48. The van der Waals surface area contributed by atoms with Crippen LogP contribution in [0.1, 0.15) is 51.7 Å². The van der Waals surface area contributed by atoms with E-state index >= 15 is 0 Å². The molecular formula is C24H25F3N4O4. The average molecular weight is 490 g/mol. The van der Waals surface area contributed by atoms with Gasteiger partial charge in [0.1, 0.15) is 17.4 Å². The molecule has 11 heteroatoms. The van der Waals surface area contributed by atoms with Crippen molar-refractivity contribution in [1.82, 2.24) is 20.1 Å². The predicted molar refractivity (Wildman–Crippen MR) is 118 cm³/mol. The molecule has 186 valence electrons. The number of carbonyl (C=O) groups excluding carboxylic acids is 1. The van der Waals surface area contributed by atoms with E-state index in [2.05, 4.69) is 15.4 Å². The number of nitrogens with zero attached hydrogens (tertiary/aromatic N) is 3. The van der Waals surface area contributed by atoms with Crippen LogP contribution in [0.25, 0.3) is 11.3 Å². The van der Waals surface area contributed by atoms with E-state index in [1.165, 1.54) is 0 Å². The van der Waals surface area contributed by atoms with E-state index in [4.69, 9.17) is 13.9 Å². The smallest absolute Gasteiger partial charge is 0.420 e. The van der Waals surface area contributed by atoms with Gasteiger partial charge >= 0.3 is 6.18 Å². The van der Waals surface area contributed by atoms with E-state index in [0.29, 0.717) is 37.6 Å². The van der Waals surface area contributed by atoms with Gasteiger partial charge in [-0.3, -0.25) is 14.5 Å². The Labute approximate surface area is 199 Å². The molecular weight excluding hydrogens is 465 g/mol. The van der Waals surface area contributed by atoms with Gasteiger partial charge in [0.25, 0.3) is 5.91 Å². The molecule has 0 bridgehead atoms. The summed E-state index contributed by atoms with van der Waals surface area (Å²) in [6.07, 6.45) is -3.07. The number of hydrogen-bond donors (Lipinski definition) is 1. The number of aryl methyl sites for hydroxylation is 1. The van der Waals surface area contributed by atoms with Gasteiger partial charge in [-0.25, -0.2) is 0 Å². The SMILES string of the molecule is Cc1cccc(CNC(=O)c2oc3c(c2C(F)(F)F)-c2nn(C[C@H]4COCCO4)cc2C(C)C3)n1. The first-order valence-corrected chi connectivity index (χ1v) is 11.4. The van der Waals surface area contributed by atoms with Gasteiger partial charge < -0.3 is 19.2 Å². The van der Waals surface area contributed by atoms with Crippen LogP contribution in [0.3, 0.4) is 0 Å². The van der Waals surface area contributed by atoms with Gasteiger partial charge in [-0.05, 0) is 25.0 Å². The van der Waals surface area contributed by atoms with Gasteiger partial charge in [0.2, 0.25) is 5.76 Å². The molecule has 0 radical (unpaired) electrons. The fraction of sp³-hybridized carbons (Fsp3) is 0.458. The lowest BCUT2D eigenvalue weighted by Crippen LogP contribution is -2.32. The summed E-state index contributed by atoms with van der Waals surface area (Å²) >= 11 is 0. The second kappa shape index (κ2) is 9.12. The lowest BCUT2D eigenvalue weighted by atomic mass is 9.86. The van der Waals surface area contributed by atoms with Crippen LogP contribution in [-0.2, 0) is 35.2 Å². The Morgan fingerprint density at radius 3 is 2.83 bits per heavy atom. The zero-order valence-corrected chi connectivity index (χ0v) is 19.3. The molecule has 1 aliphatic heterocycles. The molecule has 1 amide bonds. The fourth-order valence-electron chi connectivity index (χ4n) is 4.58. The Morgan fingerprint density at radius 2 is 2.11 bits per heavy atom. The largest absolute Gasteiger partial charge is 0.455 e. The van der Waals surface area contributed by atoms with Crippen molar-refractivity contribution in [2.24, 2.45) is 0 Å². The summed E-state index contributed by atoms with van der Waals surface area (Å²) in [5.41, 5.74) is 0.875. The molecule has 1 saturated heterocycles. The maximum atomic E-state index is 14.3. The summed E-state index contributed by atoms with van der Waals surface area (Å²) in [5, 5.41) is 6.97. The highest BCUT2D eigenvalue weighted by molar-refractivity contribution is 5.96. The summed E-state index contributed by atoms with van der Waals surface area (Å²) in [6.45, 7) is 5.38. The average Bonchev–Trinajstić information content (AvgIpc) is 3.40. The van der Waals surface area contributed by atoms with Crippen molar-refractivity contribution >= 4 is 5.91 Å². The topological polar surface area (TPSA) is 91.4 Å². The Bertz CT molecular complexity index is 1240. The van der Waals surface area contributed by atoms with E-state index < -0.39 is 23.4 Å². The van der Waals surface area contributed by atoms with Crippen molar-refractivity contribution < 1.29 is 31.9 Å². The lowest BCUT2D eigenvalue weighted by molar-refractivity contribution is -0.137. The van der Waals surface area contributed by atoms with Crippen molar-refractivity contribution in [3.63, 3.8) is 0 Å². The number of hydrogen-bond acceptors (Lipinski definition) is 6. The van der Waals surface area contributed by atoms with Crippen LogP contribution in [0, 0.1) is 6.92 Å². The molecule has 0 spiro atoms. The van der Waals surface area contributed by atoms with Crippen molar-refractivity contribution in [3.8, 4) is 11.3 Å². The normalized spacial score (nSPS) is 19.8. The maximum Gasteiger partial charge on any atom is 0.420 e. The van der Waals surface area contributed by atoms with Gasteiger partial charge in [-0.2, -0.15) is 18.3 Å². The maximum absolute atomic E-state index is 14.3. The Balaban J connectivity index is 1.48. The molecule has 1 aliphatic carbocycles. The number of fused-ring (bicyclic) bond motifs is 3. The molecule has 3 aromatic rings. The van der Waals surface area contributed by atoms with E-state index in [1.54, 1.807) is 36.0 Å². The van der Waals surface area contributed by atoms with Crippen molar-refractivity contribution in [2.45, 2.75) is 51.6 Å². The number of carbonyl (C=O) groups is 1. The first-order chi connectivity index (χ1) is 16.7. The molecule has 4 heterocycles. The Morgan fingerprint density at radius 1 is 1.29 bits per heavy atom. The molecule has 0 aromatic carbocycles. The molecule has 5 rings (SSSR count). The van der Waals surface area contributed by atoms with Crippen molar-refractivity contribution in [3.05, 3.63) is 58.4 Å². The summed E-state index contributed by atoms with van der Waals surface area (Å²) in [7, 11) is 0. The van der Waals surface area contributed by atoms with Crippen LogP contribution in [0.5, 0.6) is 0 Å². The molecule has 1 N–H and O–H groups in total. The number of furan rings is 1. The highest BCUT2D eigenvalue weighted by Gasteiger charge is 2.46. The van der Waals surface area contributed by atoms with E-state index in [-0.39, 0.29) is 42.0 Å². The number of halogens is 3. The molecule has 0 saturated carbocycles. The summed E-state index contributed by atoms with van der Waals surface area (Å²) in [4.78, 5) is 17.1. The third-order valence-corrected chi connectivity index (χ3v) is 6.17. The Kier molecular flexibility index (Phi) is 6.14. The molecule has 1 unspecified atom stereocenters. The third-order valence-electron chi connectivity index (χ3n) is 6.17. The van der Waals surface area contributed by atoms with Gasteiger partial charge in [0, 0.05) is 23.9 Å². The standard InChI is InChI=1S/C24H25F3N4O4/c1-13-8-18-19(21-17(13)11-31(30-21)10-16-12-33-6-7-34-16)20(24(25,26)27)22(35-18)23(32)28-9-15-5-3-4-14(2)29-15/h3-5,11,13,16H,6-10,12H2,1-2H3,(H,28,32)/t13?,16-/m0/s1. The summed E-state index contributed by atoms with van der Waals surface area (Å²) in [5.74, 6) is -1.72. The first-order valence-electron chi connectivity index (χ1n) is 11.4. The van der Waals surface area contributed by atoms with Gasteiger partial charge in [-0.1, -0.05) is 13.0 Å². The van der Waals surface area contributed by atoms with Gasteiger partial charge in [0.15, 0.2) is 0 Å². The van der Waals surface area contributed by atoms with Crippen LogP contribution in [0.4, 0.5) is 13.2 Å². The van der Waals surface area contributed by atoms with Crippen LogP contribution >= 0.6 is 0 Å². The number of aromatic nitrogens is 3. The minimum absolute atomic E-state index is 0.0249. The minimum atomic E-state index is -4.81. The number of ether oxygens (including phenoxy) is 2. The van der Waals surface area contributed by atoms with Crippen molar-refractivity contribution in [2.75, 3.05) is 19.8 Å². The van der Waals surface area contributed by atoms with E-state index in [1.807, 2.05) is 6.92 Å². The third kappa shape index (κ3) is 4.70. The van der Waals surface area contributed by atoms with Crippen molar-refractivity contribution in [1.29, 1.82) is 0 Å². The molecule has 8 nitrogen and oxygen atoms in total. The predicted octanol–water partition coefficient (Wildman–Crippen LogP) is 3.87. The number of pyridine rings is 1. The van der Waals surface area contributed by atoms with E-state index in [9.17, 15) is 18.0 Å². The minimum Gasteiger partial charge on any atom is -0.455 e. The second-order valence-corrected chi connectivity index (χ2v) is 8.88. The van der Waals surface area contributed by atoms with Crippen LogP contribution in [0.15, 0.2) is 28.8 Å². The lowest BCUT2D eigenvalue weighted by Gasteiger charge is -2.22. The van der Waals surface area contributed by atoms with Crippen LogP contribution in [0.2, 0.25) is 0 Å². The summed E-state index contributed by atoms with van der Waals surface area (Å²) in [6, 6.07) is 5.24. The van der Waals surface area contributed by atoms with Gasteiger partial charge in [0.05, 0.1) is 49.9 Å². The first kappa shape index (κ1) is 23.6. The fourth-order valence-corrected chi connectivity index (χ4v) is 4.58. The number of nitrogens with one attached hydrogen (secondary N) is 1. The second-order valence-electron chi connectivity index (χ2n) is 8.88. The van der Waals surface area contributed by atoms with Crippen LogP contribution in [-0.4, -0.2) is 46.6 Å². The molecule has 35 heavy (non-hydrogen) atoms. The number of amides is 1. The highest BCUT2D eigenvalue weighted by atomic mass is 19.4. The molecule has 2 aliphatic rings. The zero-order valence-electron chi connectivity index (χ0n) is 19.3. The molecule has 2 atom stereocenters. The number of rotatable bonds is 5. The molecule has 1 fully saturated rings. The monoisotopic (exact) mass is 490 g/mol. The Hall–Kier alpha value is -3.18. The van der Waals surface area contributed by atoms with Crippen LogP contribution < -0.4 is 5.32 Å². The quantitative estimate of drug-likeness (QED) is 0.584. The number of alkyl halides is 3. The van der Waals surface area contributed by atoms with E-state index in [0.717, 1.165) is 5.69 Å². The van der Waals surface area contributed by atoms with Gasteiger partial charge in [-0.15, -0.1) is 0 Å².